The zero-order valence-corrected chi connectivity index (χ0v) is 7.34. The molecule has 68 valence electrons. The monoisotopic (exact) mass is 170 g/mol. The third kappa shape index (κ3) is 1.04. The van der Waals surface area contributed by atoms with Gasteiger partial charge >= 0.3 is 5.97 Å². The lowest BCUT2D eigenvalue weighted by molar-refractivity contribution is -0.159. The molecule has 1 aliphatic heterocycles. The Kier molecular flexibility index (Phi) is 1.83. The molecule has 0 N–H and O–H groups in total. The Morgan fingerprint density at radius 2 is 2.50 bits per heavy atom. The fourth-order valence-electron chi connectivity index (χ4n) is 2.39. The van der Waals surface area contributed by atoms with E-state index in [9.17, 15) is 4.79 Å². The van der Waals surface area contributed by atoms with Crippen molar-refractivity contribution >= 4 is 5.97 Å². The number of hydrogen-bond acceptors (Lipinski definition) is 3. The van der Waals surface area contributed by atoms with Crippen LogP contribution in [0.25, 0.3) is 0 Å². The summed E-state index contributed by atoms with van der Waals surface area (Å²) in [6.07, 6.45) is 3.04. The zero-order valence-electron chi connectivity index (χ0n) is 7.34. The molecule has 1 saturated heterocycles. The summed E-state index contributed by atoms with van der Waals surface area (Å²) < 4.78 is 10.2. The van der Waals surface area contributed by atoms with Gasteiger partial charge in [0.2, 0.25) is 0 Å². The number of carbonyl (C=O) groups is 1. The normalized spacial score (nSPS) is 39.6. The predicted molar refractivity (Wildman–Crippen MR) is 42.6 cm³/mol. The van der Waals surface area contributed by atoms with E-state index in [4.69, 9.17) is 9.47 Å². The van der Waals surface area contributed by atoms with Crippen LogP contribution >= 0.6 is 0 Å². The van der Waals surface area contributed by atoms with E-state index in [0.29, 0.717) is 12.5 Å². The van der Waals surface area contributed by atoms with Crippen LogP contribution in [0, 0.1) is 11.3 Å². The maximum Gasteiger partial charge on any atom is 0.314 e. The number of esters is 1. The highest BCUT2D eigenvalue weighted by molar-refractivity contribution is 5.77. The van der Waals surface area contributed by atoms with Crippen LogP contribution in [0.5, 0.6) is 0 Å². The molecule has 0 spiro atoms. The minimum Gasteiger partial charge on any atom is -0.469 e. The number of fused-ring (bicyclic) bond motifs is 2. The van der Waals surface area contributed by atoms with Gasteiger partial charge in [0.25, 0.3) is 0 Å². The Bertz CT molecular complexity index is 198. The summed E-state index contributed by atoms with van der Waals surface area (Å²) in [5, 5.41) is 0. The second-order valence-corrected chi connectivity index (χ2v) is 3.90. The smallest absolute Gasteiger partial charge is 0.314 e. The van der Waals surface area contributed by atoms with Crippen LogP contribution in [0.15, 0.2) is 0 Å². The van der Waals surface area contributed by atoms with Gasteiger partial charge in [-0.2, -0.15) is 0 Å². The Hall–Kier alpha value is -0.570. The van der Waals surface area contributed by atoms with Gasteiger partial charge in [0.15, 0.2) is 0 Å². The van der Waals surface area contributed by atoms with Crippen LogP contribution in [-0.2, 0) is 14.3 Å². The molecular formula is C9H14O3. The van der Waals surface area contributed by atoms with E-state index < -0.39 is 0 Å². The lowest BCUT2D eigenvalue weighted by Crippen LogP contribution is -2.38. The van der Waals surface area contributed by atoms with Gasteiger partial charge in [-0.05, 0) is 25.2 Å². The number of ether oxygens (including phenoxy) is 2. The fourth-order valence-corrected chi connectivity index (χ4v) is 2.39. The molecule has 1 aliphatic carbocycles. The van der Waals surface area contributed by atoms with Crippen molar-refractivity contribution in [3.63, 3.8) is 0 Å². The highest BCUT2D eigenvalue weighted by Gasteiger charge is 2.49. The molecule has 2 atom stereocenters. The molecule has 0 aromatic heterocycles. The van der Waals surface area contributed by atoms with E-state index >= 15 is 0 Å². The number of methoxy groups -OCH3 is 1. The fraction of sp³-hybridized carbons (Fsp3) is 0.889. The molecule has 2 bridgehead atoms. The maximum atomic E-state index is 11.4. The molecule has 0 radical (unpaired) electrons. The van der Waals surface area contributed by atoms with Crippen molar-refractivity contribution in [1.82, 2.24) is 0 Å². The third-order valence-corrected chi connectivity index (χ3v) is 3.06. The molecule has 1 saturated carbocycles. The Balaban J connectivity index is 2.15. The topological polar surface area (TPSA) is 35.5 Å². The van der Waals surface area contributed by atoms with E-state index in [0.717, 1.165) is 25.9 Å². The first-order valence-corrected chi connectivity index (χ1v) is 4.43. The van der Waals surface area contributed by atoms with Crippen LogP contribution in [0.1, 0.15) is 19.3 Å². The van der Waals surface area contributed by atoms with Gasteiger partial charge in [-0.3, -0.25) is 4.79 Å². The first kappa shape index (κ1) is 8.05. The number of carbonyl (C=O) groups excluding carboxylic acids is 1. The molecule has 2 fully saturated rings. The highest BCUT2D eigenvalue weighted by Crippen LogP contribution is 2.46. The lowest BCUT2D eigenvalue weighted by Gasteiger charge is -2.29. The Morgan fingerprint density at radius 1 is 1.67 bits per heavy atom. The van der Waals surface area contributed by atoms with Crippen molar-refractivity contribution in [3.8, 4) is 0 Å². The van der Waals surface area contributed by atoms with Gasteiger partial charge < -0.3 is 9.47 Å². The summed E-state index contributed by atoms with van der Waals surface area (Å²) in [5.41, 5.74) is -0.280. The quantitative estimate of drug-likeness (QED) is 0.550. The van der Waals surface area contributed by atoms with Gasteiger partial charge in [-0.25, -0.2) is 0 Å². The molecule has 1 heterocycles. The molecule has 0 amide bonds. The van der Waals surface area contributed by atoms with E-state index in [1.165, 1.54) is 7.11 Å². The van der Waals surface area contributed by atoms with Gasteiger partial charge in [-0.1, -0.05) is 0 Å². The molecular weight excluding hydrogens is 156 g/mol. The van der Waals surface area contributed by atoms with Crippen LogP contribution in [0.2, 0.25) is 0 Å². The predicted octanol–water partition coefficient (Wildman–Crippen LogP) is 0.976. The average Bonchev–Trinajstić information content (AvgIpc) is 2.42. The molecule has 0 aromatic carbocycles. The van der Waals surface area contributed by atoms with E-state index in [1.807, 2.05) is 0 Å². The van der Waals surface area contributed by atoms with Crippen molar-refractivity contribution in [1.29, 1.82) is 0 Å². The summed E-state index contributed by atoms with van der Waals surface area (Å²) in [5.74, 6) is 0.516. The van der Waals surface area contributed by atoms with E-state index in [-0.39, 0.29) is 11.4 Å². The second-order valence-electron chi connectivity index (χ2n) is 3.90. The summed E-state index contributed by atoms with van der Waals surface area (Å²) in [4.78, 5) is 11.4. The molecule has 2 aliphatic rings. The SMILES string of the molecule is COC(=O)C12CCC(COC1)C2. The van der Waals surface area contributed by atoms with Crippen LogP contribution < -0.4 is 0 Å². The molecule has 12 heavy (non-hydrogen) atoms. The van der Waals surface area contributed by atoms with Crippen molar-refractivity contribution in [2.45, 2.75) is 19.3 Å². The first-order chi connectivity index (χ1) is 5.77. The van der Waals surface area contributed by atoms with Crippen molar-refractivity contribution < 1.29 is 14.3 Å². The lowest BCUT2D eigenvalue weighted by atomic mass is 9.85. The summed E-state index contributed by atoms with van der Waals surface area (Å²) in [6.45, 7) is 1.40. The van der Waals surface area contributed by atoms with Crippen molar-refractivity contribution in [2.75, 3.05) is 20.3 Å². The molecule has 2 rings (SSSR count). The summed E-state index contributed by atoms with van der Waals surface area (Å²) >= 11 is 0. The van der Waals surface area contributed by atoms with Gasteiger partial charge in [0.05, 0.1) is 19.1 Å². The Labute approximate surface area is 72.0 Å². The van der Waals surface area contributed by atoms with Crippen molar-refractivity contribution in [2.24, 2.45) is 11.3 Å². The van der Waals surface area contributed by atoms with Crippen LogP contribution in [0.4, 0.5) is 0 Å². The average molecular weight is 170 g/mol. The maximum absolute atomic E-state index is 11.4. The van der Waals surface area contributed by atoms with E-state index in [2.05, 4.69) is 0 Å². The standard InChI is InChI=1S/C9H14O3/c1-11-8(10)9-3-2-7(4-9)5-12-6-9/h7H,2-6H2,1H3. The molecule has 0 aromatic rings. The number of hydrogen-bond donors (Lipinski definition) is 0. The van der Waals surface area contributed by atoms with Gasteiger partial charge in [0, 0.05) is 6.61 Å². The summed E-state index contributed by atoms with van der Waals surface area (Å²) in [6, 6.07) is 0. The zero-order chi connectivity index (χ0) is 8.60. The molecule has 3 heteroatoms. The molecule has 3 nitrogen and oxygen atoms in total. The van der Waals surface area contributed by atoms with Crippen molar-refractivity contribution in [3.05, 3.63) is 0 Å². The molecule has 2 unspecified atom stereocenters. The first-order valence-electron chi connectivity index (χ1n) is 4.43. The minimum absolute atomic E-state index is 0.0790. The van der Waals surface area contributed by atoms with E-state index in [1.54, 1.807) is 0 Å². The van der Waals surface area contributed by atoms with Crippen LogP contribution in [-0.4, -0.2) is 26.3 Å². The third-order valence-electron chi connectivity index (χ3n) is 3.06. The van der Waals surface area contributed by atoms with Gasteiger partial charge in [-0.15, -0.1) is 0 Å². The number of rotatable bonds is 1. The Morgan fingerprint density at radius 3 is 3.25 bits per heavy atom. The van der Waals surface area contributed by atoms with Crippen LogP contribution in [0.3, 0.4) is 0 Å². The minimum atomic E-state index is -0.280. The second kappa shape index (κ2) is 2.73. The largest absolute Gasteiger partial charge is 0.469 e. The highest BCUT2D eigenvalue weighted by atomic mass is 16.5. The summed E-state index contributed by atoms with van der Waals surface area (Å²) in [7, 11) is 1.46. The van der Waals surface area contributed by atoms with Gasteiger partial charge in [0.1, 0.15) is 0 Å².